The van der Waals surface area contributed by atoms with Crippen LogP contribution < -0.4 is 4.74 Å². The average molecular weight is 393 g/mol. The van der Waals surface area contributed by atoms with Gasteiger partial charge in [0, 0.05) is 24.8 Å². The molecule has 2 amide bonds. The van der Waals surface area contributed by atoms with E-state index in [0.717, 1.165) is 18.2 Å². The zero-order valence-electron chi connectivity index (χ0n) is 14.5. The first-order valence-corrected chi connectivity index (χ1v) is 8.59. The summed E-state index contributed by atoms with van der Waals surface area (Å²) in [5, 5.41) is 5.19. The van der Waals surface area contributed by atoms with E-state index < -0.39 is 41.4 Å². The van der Waals surface area contributed by atoms with E-state index in [2.05, 4.69) is 5.10 Å². The molecule has 2 aliphatic rings. The maximum absolute atomic E-state index is 13.6. The number of carbonyl (C=O) groups is 1. The highest BCUT2D eigenvalue weighted by molar-refractivity contribution is 5.79. The molecule has 0 saturated carbocycles. The summed E-state index contributed by atoms with van der Waals surface area (Å²) >= 11 is 0. The number of nitrogens with zero attached hydrogens (tertiary/aromatic N) is 3. The van der Waals surface area contributed by atoms with E-state index in [9.17, 15) is 22.4 Å². The highest BCUT2D eigenvalue weighted by atomic mass is 19.1. The minimum atomic E-state index is -0.817. The van der Waals surface area contributed by atoms with Gasteiger partial charge < -0.3 is 9.64 Å². The third kappa shape index (κ3) is 3.51. The molecule has 2 aromatic carbocycles. The number of ether oxygens (including phenoxy) is 1. The number of likely N-dealkylation sites (tertiary alicyclic amines) is 1. The predicted molar refractivity (Wildman–Crippen MR) is 91.8 cm³/mol. The fraction of sp³-hybridized carbons (Fsp3) is 0.263. The maximum Gasteiger partial charge on any atom is 0.341 e. The van der Waals surface area contributed by atoms with Crippen LogP contribution in [0.25, 0.3) is 0 Å². The number of halogens is 4. The van der Waals surface area contributed by atoms with E-state index in [0.29, 0.717) is 12.0 Å². The summed E-state index contributed by atoms with van der Waals surface area (Å²) in [5.41, 5.74) is 0.310. The van der Waals surface area contributed by atoms with Crippen molar-refractivity contribution in [3.05, 3.63) is 65.2 Å². The van der Waals surface area contributed by atoms with Crippen LogP contribution in [0, 0.1) is 23.3 Å². The first-order chi connectivity index (χ1) is 13.4. The summed E-state index contributed by atoms with van der Waals surface area (Å²) in [6.45, 7) is 0.373. The molecule has 0 unspecified atom stereocenters. The van der Waals surface area contributed by atoms with Crippen LogP contribution in [0.3, 0.4) is 0 Å². The van der Waals surface area contributed by atoms with E-state index in [1.807, 2.05) is 0 Å². The summed E-state index contributed by atoms with van der Waals surface area (Å²) in [6, 6.07) is 5.05. The van der Waals surface area contributed by atoms with Crippen molar-refractivity contribution in [2.24, 2.45) is 5.10 Å². The Kier molecular flexibility index (Phi) is 4.66. The summed E-state index contributed by atoms with van der Waals surface area (Å²) < 4.78 is 59.0. The smallest absolute Gasteiger partial charge is 0.341 e. The van der Waals surface area contributed by atoms with Gasteiger partial charge in [0.2, 0.25) is 0 Å². The number of carbonyl (C=O) groups excluding carboxylic acids is 1. The van der Waals surface area contributed by atoms with Crippen molar-refractivity contribution in [1.29, 1.82) is 0 Å². The Bertz CT molecular complexity index is 927. The third-order valence-electron chi connectivity index (χ3n) is 4.60. The predicted octanol–water partition coefficient (Wildman–Crippen LogP) is 3.86. The van der Waals surface area contributed by atoms with Crippen molar-refractivity contribution < 1.29 is 27.1 Å². The minimum absolute atomic E-state index is 0.0918. The first-order valence-electron chi connectivity index (χ1n) is 8.59. The molecule has 0 N–H and O–H groups in total. The Morgan fingerprint density at radius 2 is 1.71 bits per heavy atom. The number of benzene rings is 2. The lowest BCUT2D eigenvalue weighted by molar-refractivity contribution is 0.0256. The van der Waals surface area contributed by atoms with E-state index in [1.165, 1.54) is 34.3 Å². The topological polar surface area (TPSA) is 45.1 Å². The summed E-state index contributed by atoms with van der Waals surface area (Å²) in [7, 11) is 0. The van der Waals surface area contributed by atoms with Crippen LogP contribution in [-0.4, -0.2) is 41.3 Å². The highest BCUT2D eigenvalue weighted by Gasteiger charge is 2.39. The normalized spacial score (nSPS) is 19.1. The molecule has 0 aliphatic carbocycles. The van der Waals surface area contributed by atoms with Gasteiger partial charge in [0.15, 0.2) is 11.6 Å². The molecular formula is C19H15F4N3O2. The van der Waals surface area contributed by atoms with Crippen molar-refractivity contribution in [1.82, 2.24) is 9.91 Å². The van der Waals surface area contributed by atoms with Gasteiger partial charge in [0.25, 0.3) is 0 Å². The van der Waals surface area contributed by atoms with E-state index >= 15 is 0 Å². The number of hydrogen-bond donors (Lipinski definition) is 0. The van der Waals surface area contributed by atoms with Crippen LogP contribution >= 0.6 is 0 Å². The number of amides is 2. The lowest BCUT2D eigenvalue weighted by atomic mass is 10.0. The molecule has 1 fully saturated rings. The molecule has 2 aromatic rings. The van der Waals surface area contributed by atoms with Gasteiger partial charge >= 0.3 is 6.03 Å². The lowest BCUT2D eigenvalue weighted by Crippen LogP contribution is -2.58. The maximum atomic E-state index is 13.6. The van der Waals surface area contributed by atoms with Crippen molar-refractivity contribution in [2.45, 2.75) is 18.6 Å². The second kappa shape index (κ2) is 7.14. The molecule has 9 heteroatoms. The van der Waals surface area contributed by atoms with E-state index in [-0.39, 0.29) is 18.8 Å². The number of hydrazone groups is 1. The molecule has 2 aliphatic heterocycles. The molecule has 4 rings (SSSR count). The van der Waals surface area contributed by atoms with Gasteiger partial charge in [-0.1, -0.05) is 0 Å². The average Bonchev–Trinajstić information content (AvgIpc) is 3.07. The molecule has 146 valence electrons. The van der Waals surface area contributed by atoms with Gasteiger partial charge in [0.05, 0.1) is 19.1 Å². The Morgan fingerprint density at radius 3 is 2.39 bits per heavy atom. The van der Waals surface area contributed by atoms with Crippen molar-refractivity contribution in [2.75, 3.05) is 13.1 Å². The van der Waals surface area contributed by atoms with Crippen LogP contribution in [0.15, 0.2) is 41.5 Å². The van der Waals surface area contributed by atoms with E-state index in [1.54, 1.807) is 0 Å². The molecule has 28 heavy (non-hydrogen) atoms. The molecule has 2 heterocycles. The minimum Gasteiger partial charge on any atom is -0.484 e. The lowest BCUT2D eigenvalue weighted by Gasteiger charge is -2.41. The van der Waals surface area contributed by atoms with Gasteiger partial charge in [0.1, 0.15) is 23.6 Å². The Hall–Kier alpha value is -3.10. The molecule has 0 radical (unpaired) electrons. The van der Waals surface area contributed by atoms with Gasteiger partial charge in [-0.3, -0.25) is 0 Å². The van der Waals surface area contributed by atoms with Crippen molar-refractivity contribution >= 4 is 12.2 Å². The standard InChI is InChI=1S/C19H15F4N3O2/c20-12-1-2-18(16(23)8-12)28-15-9-25(10-15)19(27)26-17(3-4-24-26)11-5-13(21)7-14(22)6-11/h1-2,4-8,15,17H,3,9-10H2/t17-/m0/s1. The number of rotatable bonds is 3. The number of urea groups is 1. The highest BCUT2D eigenvalue weighted by Crippen LogP contribution is 2.31. The molecule has 5 nitrogen and oxygen atoms in total. The monoisotopic (exact) mass is 393 g/mol. The van der Waals surface area contributed by atoms with Crippen LogP contribution in [0.1, 0.15) is 18.0 Å². The summed E-state index contributed by atoms with van der Waals surface area (Å²) in [4.78, 5) is 14.1. The molecule has 0 bridgehead atoms. The van der Waals surface area contributed by atoms with Crippen molar-refractivity contribution in [3.8, 4) is 5.75 Å². The summed E-state index contributed by atoms with van der Waals surface area (Å²) in [5.74, 6) is -3.07. The third-order valence-corrected chi connectivity index (χ3v) is 4.60. The van der Waals surface area contributed by atoms with Gasteiger partial charge in [-0.05, 0) is 29.8 Å². The number of hydrogen-bond acceptors (Lipinski definition) is 3. The Balaban J connectivity index is 1.39. The fourth-order valence-corrected chi connectivity index (χ4v) is 3.21. The zero-order valence-corrected chi connectivity index (χ0v) is 14.5. The van der Waals surface area contributed by atoms with Crippen LogP contribution in [0.5, 0.6) is 5.75 Å². The van der Waals surface area contributed by atoms with Crippen LogP contribution in [-0.2, 0) is 0 Å². The second-order valence-corrected chi connectivity index (χ2v) is 6.60. The fourth-order valence-electron chi connectivity index (χ4n) is 3.21. The SMILES string of the molecule is O=C(N1CC(Oc2ccc(F)cc2F)C1)N1N=CC[C@H]1c1cc(F)cc(F)c1. The van der Waals surface area contributed by atoms with Crippen LogP contribution in [0.4, 0.5) is 22.4 Å². The second-order valence-electron chi connectivity index (χ2n) is 6.60. The zero-order chi connectivity index (χ0) is 19.8. The largest absolute Gasteiger partial charge is 0.484 e. The van der Waals surface area contributed by atoms with E-state index in [4.69, 9.17) is 4.74 Å². The van der Waals surface area contributed by atoms with Gasteiger partial charge in [-0.25, -0.2) is 27.4 Å². The molecule has 0 spiro atoms. The molecule has 1 atom stereocenters. The van der Waals surface area contributed by atoms with Crippen molar-refractivity contribution in [3.63, 3.8) is 0 Å². The van der Waals surface area contributed by atoms with Crippen LogP contribution in [0.2, 0.25) is 0 Å². The molecule has 0 aromatic heterocycles. The Morgan fingerprint density at radius 1 is 1.00 bits per heavy atom. The molecule has 1 saturated heterocycles. The van der Waals surface area contributed by atoms with Gasteiger partial charge in [-0.2, -0.15) is 5.10 Å². The molecular weight excluding hydrogens is 378 g/mol. The summed E-state index contributed by atoms with van der Waals surface area (Å²) in [6.07, 6.45) is 1.40. The van der Waals surface area contributed by atoms with Gasteiger partial charge in [-0.15, -0.1) is 0 Å². The Labute approximate surface area is 157 Å². The first kappa shape index (κ1) is 18.3. The quantitative estimate of drug-likeness (QED) is 0.744.